The van der Waals surface area contributed by atoms with Gasteiger partial charge >= 0.3 is 0 Å². The highest BCUT2D eigenvalue weighted by atomic mass is 15.4. The Kier molecular flexibility index (Phi) is 3.38. The van der Waals surface area contributed by atoms with Crippen molar-refractivity contribution < 1.29 is 0 Å². The van der Waals surface area contributed by atoms with Crippen LogP contribution in [0.15, 0.2) is 18.5 Å². The summed E-state index contributed by atoms with van der Waals surface area (Å²) in [6.07, 6.45) is 10.7. The molecule has 0 atom stereocenters. The van der Waals surface area contributed by atoms with Crippen molar-refractivity contribution in [2.24, 2.45) is 0 Å². The van der Waals surface area contributed by atoms with E-state index in [1.165, 1.54) is 64.1 Å². The molecule has 148 valence electrons. The maximum absolute atomic E-state index is 5.92. The van der Waals surface area contributed by atoms with Crippen LogP contribution in [0.3, 0.4) is 0 Å². The summed E-state index contributed by atoms with van der Waals surface area (Å²) >= 11 is 0. The molecule has 2 aromatic rings. The summed E-state index contributed by atoms with van der Waals surface area (Å²) in [6, 6.07) is 2.12. The topological polar surface area (TPSA) is 63.2 Å². The fraction of sp³-hybridized carbons (Fsp3) is 0.636. The van der Waals surface area contributed by atoms with Crippen LogP contribution in [0.25, 0.3) is 11.3 Å². The molecular formula is C22H30N6. The highest BCUT2D eigenvalue weighted by Crippen LogP contribution is 2.69. The van der Waals surface area contributed by atoms with Gasteiger partial charge in [-0.1, -0.05) is 0 Å². The van der Waals surface area contributed by atoms with Crippen molar-refractivity contribution in [3.8, 4) is 11.3 Å². The third-order valence-corrected chi connectivity index (χ3v) is 7.75. The molecule has 2 bridgehead atoms. The van der Waals surface area contributed by atoms with Crippen molar-refractivity contribution in [3.63, 3.8) is 0 Å². The third kappa shape index (κ3) is 2.34. The largest absolute Gasteiger partial charge is 0.383 e. The minimum Gasteiger partial charge on any atom is -0.383 e. The van der Waals surface area contributed by atoms with Crippen LogP contribution in [-0.2, 0) is 5.54 Å². The van der Waals surface area contributed by atoms with Gasteiger partial charge in [0.05, 0.1) is 11.2 Å². The monoisotopic (exact) mass is 378 g/mol. The molecule has 7 rings (SSSR count). The molecule has 4 aliphatic carbocycles. The first-order valence-corrected chi connectivity index (χ1v) is 10.7. The maximum atomic E-state index is 5.92. The summed E-state index contributed by atoms with van der Waals surface area (Å²) in [5.41, 5.74) is 9.90. The molecule has 5 fully saturated rings. The van der Waals surface area contributed by atoms with Crippen molar-refractivity contribution in [2.75, 3.05) is 39.0 Å². The van der Waals surface area contributed by atoms with E-state index in [1.807, 2.05) is 13.1 Å². The summed E-state index contributed by atoms with van der Waals surface area (Å²) in [5, 5.41) is 0. The van der Waals surface area contributed by atoms with Crippen molar-refractivity contribution >= 4 is 5.82 Å². The second kappa shape index (κ2) is 5.57. The fourth-order valence-corrected chi connectivity index (χ4v) is 5.82. The number of nitrogens with two attached hydrogens (primary N) is 1. The van der Waals surface area contributed by atoms with Crippen LogP contribution in [0, 0.1) is 6.92 Å². The molecule has 6 heteroatoms. The van der Waals surface area contributed by atoms with Crippen molar-refractivity contribution in [1.29, 1.82) is 0 Å². The number of piperazine rings is 1. The first kappa shape index (κ1) is 17.0. The van der Waals surface area contributed by atoms with E-state index < -0.39 is 0 Å². The molecule has 0 spiro atoms. The van der Waals surface area contributed by atoms with E-state index >= 15 is 0 Å². The van der Waals surface area contributed by atoms with E-state index in [9.17, 15) is 0 Å². The van der Waals surface area contributed by atoms with Crippen molar-refractivity contribution in [1.82, 2.24) is 24.3 Å². The predicted molar refractivity (Wildman–Crippen MR) is 110 cm³/mol. The molecule has 2 aromatic heterocycles. The number of nitrogens with zero attached hydrogens (tertiary/aromatic N) is 5. The number of imidazole rings is 1. The van der Waals surface area contributed by atoms with Crippen LogP contribution in [0.2, 0.25) is 0 Å². The smallest absolute Gasteiger partial charge is 0.126 e. The lowest BCUT2D eigenvalue weighted by molar-refractivity contribution is -0.213. The van der Waals surface area contributed by atoms with Crippen molar-refractivity contribution in [3.05, 3.63) is 29.8 Å². The molecule has 1 saturated heterocycles. The molecular weight excluding hydrogens is 348 g/mol. The Morgan fingerprint density at radius 2 is 1.79 bits per heavy atom. The zero-order valence-electron chi connectivity index (χ0n) is 17.0. The van der Waals surface area contributed by atoms with Gasteiger partial charge in [-0.25, -0.2) is 9.97 Å². The Labute approximate surface area is 166 Å². The molecule has 0 aromatic carbocycles. The first-order chi connectivity index (χ1) is 13.5. The molecule has 5 aliphatic rings. The van der Waals surface area contributed by atoms with E-state index in [0.29, 0.717) is 22.8 Å². The van der Waals surface area contributed by atoms with Gasteiger partial charge in [-0.15, -0.1) is 0 Å². The normalized spacial score (nSPS) is 32.8. The summed E-state index contributed by atoms with van der Waals surface area (Å²) in [6.45, 7) is 6.90. The van der Waals surface area contributed by atoms with Gasteiger partial charge in [-0.05, 0) is 57.7 Å². The highest BCUT2D eigenvalue weighted by molar-refractivity contribution is 5.61. The SMILES string of the molecule is Cc1cc(-c2cn(C34CC(N5CCN(C)CC5)(C3)C4)c(C3CC3)n2)cnc1N. The average molecular weight is 379 g/mol. The van der Waals surface area contributed by atoms with Gasteiger partial charge in [0.1, 0.15) is 11.6 Å². The number of aromatic nitrogens is 3. The number of hydrogen-bond donors (Lipinski definition) is 1. The Morgan fingerprint density at radius 3 is 2.43 bits per heavy atom. The van der Waals surface area contributed by atoms with Gasteiger partial charge in [0, 0.05) is 55.6 Å². The van der Waals surface area contributed by atoms with Crippen molar-refractivity contribution in [2.45, 2.75) is 56.0 Å². The first-order valence-electron chi connectivity index (χ1n) is 10.7. The van der Waals surface area contributed by atoms with Gasteiger partial charge in [-0.3, -0.25) is 4.90 Å². The van der Waals surface area contributed by atoms with E-state index in [2.05, 4.69) is 38.7 Å². The highest BCUT2D eigenvalue weighted by Gasteiger charge is 2.71. The van der Waals surface area contributed by atoms with E-state index in [4.69, 9.17) is 10.7 Å². The average Bonchev–Trinajstić information content (AvgIpc) is 3.37. The summed E-state index contributed by atoms with van der Waals surface area (Å²) in [4.78, 5) is 14.7. The summed E-state index contributed by atoms with van der Waals surface area (Å²) in [5.74, 6) is 2.58. The molecule has 3 heterocycles. The minimum absolute atomic E-state index is 0.322. The van der Waals surface area contributed by atoms with Gasteiger partial charge in [-0.2, -0.15) is 0 Å². The molecule has 0 radical (unpaired) electrons. The van der Waals surface area contributed by atoms with Crippen LogP contribution in [0.5, 0.6) is 0 Å². The number of pyridine rings is 1. The fourth-order valence-electron chi connectivity index (χ4n) is 5.82. The zero-order chi connectivity index (χ0) is 19.1. The van der Waals surface area contributed by atoms with Gasteiger partial charge in [0.2, 0.25) is 0 Å². The van der Waals surface area contributed by atoms with Crippen LogP contribution in [0.1, 0.15) is 49.4 Å². The molecule has 4 saturated carbocycles. The summed E-state index contributed by atoms with van der Waals surface area (Å²) < 4.78 is 2.57. The molecule has 0 unspecified atom stereocenters. The lowest BCUT2D eigenvalue weighted by Gasteiger charge is -2.75. The number of rotatable bonds is 4. The number of hydrogen-bond acceptors (Lipinski definition) is 5. The Hall–Kier alpha value is -1.92. The van der Waals surface area contributed by atoms with Crippen LogP contribution in [-0.4, -0.2) is 63.1 Å². The third-order valence-electron chi connectivity index (χ3n) is 7.75. The molecule has 2 N–H and O–H groups in total. The van der Waals surface area contributed by atoms with E-state index in [0.717, 1.165) is 16.8 Å². The Bertz CT molecular complexity index is 915. The number of likely N-dealkylation sites (N-methyl/N-ethyl adjacent to an activating group) is 1. The van der Waals surface area contributed by atoms with Gasteiger partial charge in [0.15, 0.2) is 0 Å². The molecule has 0 amide bonds. The van der Waals surface area contributed by atoms with E-state index in [1.54, 1.807) is 0 Å². The van der Waals surface area contributed by atoms with E-state index in [-0.39, 0.29) is 0 Å². The lowest BCUT2D eigenvalue weighted by Crippen LogP contribution is -2.80. The predicted octanol–water partition coefficient (Wildman–Crippen LogP) is 2.59. The number of anilines is 1. The maximum Gasteiger partial charge on any atom is 0.126 e. The molecule has 1 aliphatic heterocycles. The van der Waals surface area contributed by atoms with Gasteiger partial charge < -0.3 is 15.2 Å². The minimum atomic E-state index is 0.322. The quantitative estimate of drug-likeness (QED) is 0.886. The second-order valence-corrected chi connectivity index (χ2v) is 9.82. The van der Waals surface area contributed by atoms with Crippen LogP contribution < -0.4 is 5.73 Å². The van der Waals surface area contributed by atoms with Crippen LogP contribution in [0.4, 0.5) is 5.82 Å². The molecule has 6 nitrogen and oxygen atoms in total. The zero-order valence-corrected chi connectivity index (χ0v) is 17.0. The Morgan fingerprint density at radius 1 is 1.07 bits per heavy atom. The Balaban J connectivity index is 1.28. The number of aryl methyl sites for hydroxylation is 1. The summed E-state index contributed by atoms with van der Waals surface area (Å²) in [7, 11) is 2.24. The standard InChI is InChI=1S/C22H30N6/c1-15-9-17(10-24-19(15)23)18-11-28(20(25-18)16-3-4-16)22-12-21(13-22,14-22)27-7-5-26(2)6-8-27/h9-11,16H,3-8,12-14H2,1-2H3,(H2,23,24). The van der Waals surface area contributed by atoms with Gasteiger partial charge in [0.25, 0.3) is 0 Å². The number of nitrogen functional groups attached to an aromatic ring is 1. The van der Waals surface area contributed by atoms with Crippen LogP contribution >= 0.6 is 0 Å². The molecule has 28 heavy (non-hydrogen) atoms. The lowest BCUT2D eigenvalue weighted by atomic mass is 9.43. The second-order valence-electron chi connectivity index (χ2n) is 9.82.